The van der Waals surface area contributed by atoms with Gasteiger partial charge in [-0.2, -0.15) is 0 Å². The second kappa shape index (κ2) is 4.24. The number of aromatic nitrogens is 2. The molecule has 29 heavy (non-hydrogen) atoms. The highest BCUT2D eigenvalue weighted by Crippen LogP contribution is 2.77. The second-order valence-electron chi connectivity index (χ2n) is 11.0. The summed E-state index contributed by atoms with van der Waals surface area (Å²) in [6, 6.07) is 0. The van der Waals surface area contributed by atoms with Crippen molar-refractivity contribution in [1.82, 2.24) is 9.55 Å². The standard InChI is InChI=1S/C11H11B10FN2O5/c22-5-6(26)4(2-25)29-8(5)24-1-3(7(27)23-10(24)28)11-15-16(11)21-17(11)20(15)18-12-9-13(12)19(21)14(9)18/h1,4-6,8-9,25-26H,2H2,(H,23,27,28)/t4-,5+,6+,8-,9?,11?/m0/s1. The molecule has 132 valence electrons. The number of hydrogen-bond acceptors (Lipinski definition) is 5. The van der Waals surface area contributed by atoms with Crippen LogP contribution in [0.1, 0.15) is 11.8 Å². The minimum Gasteiger partial charge on any atom is -0.394 e. The van der Waals surface area contributed by atoms with Crippen LogP contribution in [0.15, 0.2) is 15.8 Å². The molecule has 18 heteroatoms. The van der Waals surface area contributed by atoms with E-state index in [-0.39, 0.29) is 10.7 Å². The van der Waals surface area contributed by atoms with Crippen molar-refractivity contribution in [2.75, 3.05) is 6.61 Å². The summed E-state index contributed by atoms with van der Waals surface area (Å²) < 4.78 is 21.1. The SMILES string of the molecule is O=c1[nH]c(=O)n([C@H]2O[C@@H](CO)[C@@H](O)[C@H]2F)cc1C12B3B4B5B6B(B3B1B42)B1B5C61. The maximum Gasteiger partial charge on any atom is 0.330 e. The highest BCUT2D eigenvalue weighted by Gasteiger charge is 3.06. The van der Waals surface area contributed by atoms with E-state index >= 15 is 0 Å². The van der Waals surface area contributed by atoms with Gasteiger partial charge in [0.1, 0.15) is 12.2 Å². The summed E-state index contributed by atoms with van der Waals surface area (Å²) >= 11 is 0. The number of aliphatic hydroxyl groups is 2. The van der Waals surface area contributed by atoms with Crippen molar-refractivity contribution in [3.63, 3.8) is 0 Å². The van der Waals surface area contributed by atoms with Crippen molar-refractivity contribution in [2.24, 2.45) is 0 Å². The zero-order chi connectivity index (χ0) is 19.3. The molecule has 8 aliphatic rings. The van der Waals surface area contributed by atoms with E-state index in [1.165, 1.54) is 6.20 Å². The topological polar surface area (TPSA) is 105 Å². The second-order valence-corrected chi connectivity index (χ2v) is 11.0. The maximum atomic E-state index is 14.6. The van der Waals surface area contributed by atoms with E-state index in [1.807, 2.05) is 0 Å². The normalized spacial score (nSPS) is 37.2. The van der Waals surface area contributed by atoms with E-state index in [1.54, 1.807) is 0 Å². The molecule has 3 N–H and O–H groups in total. The van der Waals surface area contributed by atoms with Crippen molar-refractivity contribution in [3.05, 3.63) is 32.6 Å². The van der Waals surface area contributed by atoms with Gasteiger partial charge in [-0.15, -0.1) is 10.7 Å². The van der Waals surface area contributed by atoms with Gasteiger partial charge >= 0.3 is 5.69 Å². The minimum atomic E-state index is -1.84. The molecule has 9 heterocycles. The van der Waals surface area contributed by atoms with Crippen LogP contribution in [0.2, 0.25) is 5.62 Å². The summed E-state index contributed by atoms with van der Waals surface area (Å²) in [4.78, 5) is 27.6. The molecule has 9 rings (SSSR count). The number of ether oxygens (including phenoxy) is 1. The Hall–Kier alpha value is -0.861. The minimum absolute atomic E-state index is 0.0944. The lowest BCUT2D eigenvalue weighted by atomic mass is 8.34. The largest absolute Gasteiger partial charge is 0.394 e. The van der Waals surface area contributed by atoms with Crippen LogP contribution in [0.25, 0.3) is 0 Å². The first-order chi connectivity index (χ1) is 14.0. The molecule has 7 nitrogen and oxygen atoms in total. The summed E-state index contributed by atoms with van der Waals surface area (Å²) in [5.74, 6) is 0. The van der Waals surface area contributed by atoms with Crippen LogP contribution < -0.4 is 11.2 Å². The molecule has 0 radical (unpaired) electrons. The monoisotopic (exact) mass is 380 g/mol. The lowest BCUT2D eigenvalue weighted by Crippen LogP contribution is -2.95. The first kappa shape index (κ1) is 15.9. The number of nitrogens with zero attached hydrogens (tertiary/aromatic N) is 1. The van der Waals surface area contributed by atoms with Crippen LogP contribution in [0, 0.1) is 0 Å². The van der Waals surface area contributed by atoms with Gasteiger partial charge in [0.15, 0.2) is 12.4 Å². The summed E-state index contributed by atoms with van der Waals surface area (Å²) in [5.41, 5.74) is 0.589. The number of fused-ring (bicyclic) bond motifs is 8. The molecule has 0 aromatic carbocycles. The highest BCUT2D eigenvalue weighted by molar-refractivity contribution is 8.49. The Morgan fingerprint density at radius 2 is 1.83 bits per heavy atom. The molecule has 0 unspecified atom stereocenters. The number of nitrogens with one attached hydrogen (secondary N) is 1. The van der Waals surface area contributed by atoms with Gasteiger partial charge in [0, 0.05) is 76.3 Å². The molecular formula is C11H11B10FN2O5. The van der Waals surface area contributed by atoms with Crippen LogP contribution in [0.5, 0.6) is 0 Å². The molecular weight excluding hydrogens is 367 g/mol. The third-order valence-electron chi connectivity index (χ3n) is 11.1. The lowest BCUT2D eigenvalue weighted by molar-refractivity contribution is -0.0492. The highest BCUT2D eigenvalue weighted by atomic mass is 19.1. The lowest BCUT2D eigenvalue weighted by Gasteiger charge is -2.64. The quantitative estimate of drug-likeness (QED) is 0.455. The Bertz CT molecular complexity index is 1140. The van der Waals surface area contributed by atoms with E-state index in [4.69, 9.17) is 4.74 Å². The van der Waals surface area contributed by atoms with Gasteiger partial charge < -0.3 is 14.9 Å². The van der Waals surface area contributed by atoms with Crippen molar-refractivity contribution in [3.8, 4) is 0 Å². The average Bonchev–Trinajstić information content (AvgIpc) is 3.05. The zero-order valence-corrected chi connectivity index (χ0v) is 15.4. The fraction of sp³-hybridized carbons (Fsp3) is 0.636. The van der Waals surface area contributed by atoms with Gasteiger partial charge in [-0.25, -0.2) is 9.18 Å². The van der Waals surface area contributed by atoms with Gasteiger partial charge in [-0.05, 0) is 0 Å². The van der Waals surface area contributed by atoms with Gasteiger partial charge in [0.25, 0.3) is 5.56 Å². The number of H-pyrrole nitrogens is 1. The van der Waals surface area contributed by atoms with E-state index < -0.39 is 36.9 Å². The van der Waals surface area contributed by atoms with Gasteiger partial charge in [-0.3, -0.25) is 14.3 Å². The molecule has 0 amide bonds. The van der Waals surface area contributed by atoms with Crippen LogP contribution in [-0.4, -0.2) is 109 Å². The fourth-order valence-corrected chi connectivity index (χ4v) is 10.6. The molecule has 1 aromatic rings. The van der Waals surface area contributed by atoms with Crippen molar-refractivity contribution < 1.29 is 19.3 Å². The summed E-state index contributed by atoms with van der Waals surface area (Å²) in [5, 5.41) is 19.1. The van der Waals surface area contributed by atoms with E-state index in [0.29, 0.717) is 25.0 Å². The van der Waals surface area contributed by atoms with E-state index in [9.17, 15) is 24.2 Å². The van der Waals surface area contributed by atoms with Crippen molar-refractivity contribution in [2.45, 2.75) is 35.3 Å². The number of alkyl halides is 1. The molecule has 4 atom stereocenters. The Balaban J connectivity index is 1.13. The van der Waals surface area contributed by atoms with Gasteiger partial charge in [-0.1, -0.05) is 0 Å². The smallest absolute Gasteiger partial charge is 0.330 e. The van der Waals surface area contributed by atoms with Crippen LogP contribution in [0.4, 0.5) is 4.39 Å². The van der Waals surface area contributed by atoms with E-state index in [2.05, 4.69) is 4.98 Å². The number of aromatic amines is 1. The molecule has 8 aliphatic heterocycles. The van der Waals surface area contributed by atoms with Crippen LogP contribution >= 0.6 is 0 Å². The first-order valence-electron chi connectivity index (χ1n) is 11.0. The first-order valence-corrected chi connectivity index (χ1v) is 11.0. The Kier molecular flexibility index (Phi) is 2.32. The third kappa shape index (κ3) is 1.25. The van der Waals surface area contributed by atoms with Gasteiger partial charge in [0.2, 0.25) is 0 Å². The van der Waals surface area contributed by atoms with Crippen LogP contribution in [0.3, 0.4) is 0 Å². The fourth-order valence-electron chi connectivity index (χ4n) is 10.6. The Labute approximate surface area is 168 Å². The number of hydrogen-bond donors (Lipinski definition) is 3. The maximum absolute atomic E-state index is 14.6. The van der Waals surface area contributed by atoms with Crippen molar-refractivity contribution >= 4 is 64.5 Å². The predicted molar refractivity (Wildman–Crippen MR) is 116 cm³/mol. The van der Waals surface area contributed by atoms with Crippen LogP contribution in [-0.2, 0) is 9.85 Å². The number of halogens is 1. The Morgan fingerprint density at radius 1 is 1.14 bits per heavy atom. The Morgan fingerprint density at radius 3 is 2.45 bits per heavy atom. The molecule has 1 aromatic heterocycles. The number of aliphatic hydroxyl groups excluding tert-OH is 2. The number of rotatable bonds is 3. The molecule has 0 aliphatic carbocycles. The third-order valence-corrected chi connectivity index (χ3v) is 11.1. The summed E-state index contributed by atoms with van der Waals surface area (Å²) in [6.07, 6.45) is -0.879. The molecule has 8 saturated heterocycles. The molecule has 0 bridgehead atoms. The summed E-state index contributed by atoms with van der Waals surface area (Å²) in [7, 11) is 0. The molecule has 8 fully saturated rings. The summed E-state index contributed by atoms with van der Waals surface area (Å²) in [6.45, 7) is 4.17. The van der Waals surface area contributed by atoms with Crippen molar-refractivity contribution in [1.29, 1.82) is 0 Å². The molecule has 0 spiro atoms. The van der Waals surface area contributed by atoms with E-state index in [0.717, 1.165) is 55.2 Å². The zero-order valence-electron chi connectivity index (χ0n) is 15.4. The molecule has 0 saturated carbocycles. The van der Waals surface area contributed by atoms with Gasteiger partial charge in [0.05, 0.1) is 6.61 Å². The average molecular weight is 378 g/mol. The predicted octanol–water partition coefficient (Wildman–Crippen LogP) is -5.59.